The summed E-state index contributed by atoms with van der Waals surface area (Å²) in [6.45, 7) is 8.49. The van der Waals surface area contributed by atoms with Crippen LogP contribution in [0.4, 0.5) is 0 Å². The van der Waals surface area contributed by atoms with Crippen molar-refractivity contribution < 1.29 is 19.8 Å². The first-order chi connectivity index (χ1) is 10.6. The fraction of sp³-hybridized carbons (Fsp3) is 0.789. The number of hydrogen-bond donors (Lipinski definition) is 2. The number of hydrogen-bond acceptors (Lipinski definition) is 3. The van der Waals surface area contributed by atoms with E-state index < -0.39 is 11.6 Å². The van der Waals surface area contributed by atoms with Crippen LogP contribution in [-0.2, 0) is 9.59 Å². The predicted octanol–water partition coefficient (Wildman–Crippen LogP) is 3.44. The molecule has 0 heterocycles. The van der Waals surface area contributed by atoms with Gasteiger partial charge in [0.15, 0.2) is 0 Å². The van der Waals surface area contributed by atoms with Gasteiger partial charge in [0.2, 0.25) is 0 Å². The summed E-state index contributed by atoms with van der Waals surface area (Å²) in [5.41, 5.74) is -0.929. The summed E-state index contributed by atoms with van der Waals surface area (Å²) in [7, 11) is 0. The minimum absolute atomic E-state index is 0.0249. The number of carbonyl (C=O) groups is 2. The Morgan fingerprint density at radius 3 is 2.52 bits per heavy atom. The van der Waals surface area contributed by atoms with Crippen molar-refractivity contribution in [3.8, 4) is 0 Å². The maximum Gasteiger partial charge on any atom is 0.303 e. The monoisotopic (exact) mass is 322 g/mol. The Balaban J connectivity index is 2.39. The molecule has 0 amide bonds. The Labute approximate surface area is 139 Å². The molecule has 5 unspecified atom stereocenters. The highest BCUT2D eigenvalue weighted by molar-refractivity contribution is 5.66. The molecule has 0 radical (unpaired) electrons. The predicted molar refractivity (Wildman–Crippen MR) is 88.9 cm³/mol. The van der Waals surface area contributed by atoms with Gasteiger partial charge < -0.3 is 10.2 Å². The number of allylic oxidation sites excluding steroid dienone is 2. The van der Waals surface area contributed by atoms with E-state index in [1.807, 2.05) is 13.0 Å². The molecule has 4 heteroatoms. The molecule has 2 rings (SSSR count). The van der Waals surface area contributed by atoms with E-state index in [-0.39, 0.29) is 29.1 Å². The van der Waals surface area contributed by atoms with Crippen molar-refractivity contribution in [3.05, 3.63) is 12.2 Å². The topological polar surface area (TPSA) is 74.6 Å². The zero-order valence-corrected chi connectivity index (χ0v) is 14.7. The smallest absolute Gasteiger partial charge is 0.303 e. The normalized spacial score (nSPS) is 44.4. The Kier molecular flexibility index (Phi) is 4.78. The van der Waals surface area contributed by atoms with Gasteiger partial charge in [0, 0.05) is 6.42 Å². The van der Waals surface area contributed by atoms with Crippen LogP contribution in [0.5, 0.6) is 0 Å². The number of fused-ring (bicyclic) bond motifs is 2. The van der Waals surface area contributed by atoms with Gasteiger partial charge in [-0.25, -0.2) is 0 Å². The lowest BCUT2D eigenvalue weighted by Crippen LogP contribution is -2.43. The van der Waals surface area contributed by atoms with Crippen LogP contribution >= 0.6 is 0 Å². The summed E-state index contributed by atoms with van der Waals surface area (Å²) in [5, 5.41) is 19.8. The van der Waals surface area contributed by atoms with E-state index in [2.05, 4.69) is 20.8 Å². The van der Waals surface area contributed by atoms with Crippen molar-refractivity contribution in [1.82, 2.24) is 0 Å². The van der Waals surface area contributed by atoms with E-state index in [0.29, 0.717) is 18.8 Å². The van der Waals surface area contributed by atoms with E-state index in [0.717, 1.165) is 19.1 Å². The molecule has 0 aromatic heterocycles. The molecule has 2 bridgehead atoms. The molecular formula is C19H30O4. The molecule has 6 atom stereocenters. The van der Waals surface area contributed by atoms with Gasteiger partial charge in [-0.3, -0.25) is 9.59 Å². The highest BCUT2D eigenvalue weighted by Crippen LogP contribution is 2.68. The third-order valence-electron chi connectivity index (χ3n) is 6.46. The minimum atomic E-state index is -0.763. The minimum Gasteiger partial charge on any atom is -0.481 e. The summed E-state index contributed by atoms with van der Waals surface area (Å²) in [5.74, 6) is 0.155. The lowest BCUT2D eigenvalue weighted by Gasteiger charge is -2.46. The molecule has 0 spiro atoms. The SMILES string of the molecule is CC1C([C@H](C)CCC(=O)O)C2(/C=C\C=O)CC(C)(O)CC1(C)C2. The summed E-state index contributed by atoms with van der Waals surface area (Å²) in [6.07, 6.45) is 7.55. The van der Waals surface area contributed by atoms with Crippen LogP contribution in [0.1, 0.15) is 59.8 Å². The van der Waals surface area contributed by atoms with E-state index in [9.17, 15) is 14.7 Å². The summed E-state index contributed by atoms with van der Waals surface area (Å²) >= 11 is 0. The number of aliphatic carboxylic acids is 1. The zero-order chi connectivity index (χ0) is 17.5. The Bertz CT molecular complexity index is 505. The van der Waals surface area contributed by atoms with Gasteiger partial charge in [0.05, 0.1) is 5.60 Å². The third-order valence-corrected chi connectivity index (χ3v) is 6.46. The second-order valence-corrected chi connectivity index (χ2v) is 8.63. The van der Waals surface area contributed by atoms with Gasteiger partial charge >= 0.3 is 5.97 Å². The van der Waals surface area contributed by atoms with Gasteiger partial charge in [0.25, 0.3) is 0 Å². The van der Waals surface area contributed by atoms with Crippen LogP contribution in [0, 0.1) is 28.6 Å². The van der Waals surface area contributed by atoms with Crippen molar-refractivity contribution in [3.63, 3.8) is 0 Å². The first kappa shape index (κ1) is 18.2. The number of carboxylic acid groups (broad SMARTS) is 1. The van der Waals surface area contributed by atoms with E-state index >= 15 is 0 Å². The lowest BCUT2D eigenvalue weighted by molar-refractivity contribution is -0.137. The summed E-state index contributed by atoms with van der Waals surface area (Å²) in [6, 6.07) is 0. The van der Waals surface area contributed by atoms with Crippen LogP contribution in [0.2, 0.25) is 0 Å². The van der Waals surface area contributed by atoms with Gasteiger partial charge in [-0.1, -0.05) is 26.8 Å². The first-order valence-corrected chi connectivity index (χ1v) is 8.62. The van der Waals surface area contributed by atoms with Crippen LogP contribution < -0.4 is 0 Å². The van der Waals surface area contributed by atoms with E-state index in [1.165, 1.54) is 0 Å². The molecule has 0 aliphatic heterocycles. The fourth-order valence-corrected chi connectivity index (χ4v) is 6.06. The average Bonchev–Trinajstić information content (AvgIpc) is 2.56. The molecule has 2 saturated carbocycles. The fourth-order valence-electron chi connectivity index (χ4n) is 6.06. The van der Waals surface area contributed by atoms with Crippen molar-refractivity contribution in [2.24, 2.45) is 28.6 Å². The summed E-state index contributed by atoms with van der Waals surface area (Å²) in [4.78, 5) is 21.9. The van der Waals surface area contributed by atoms with Gasteiger partial charge in [-0.2, -0.15) is 0 Å². The second kappa shape index (κ2) is 6.04. The molecule has 0 aromatic rings. The van der Waals surface area contributed by atoms with Gasteiger partial charge in [0.1, 0.15) is 6.29 Å². The molecule has 2 aliphatic carbocycles. The third kappa shape index (κ3) is 3.37. The molecule has 130 valence electrons. The van der Waals surface area contributed by atoms with Crippen molar-refractivity contribution >= 4 is 12.3 Å². The quantitative estimate of drug-likeness (QED) is 0.580. The highest BCUT2D eigenvalue weighted by atomic mass is 16.4. The molecule has 4 nitrogen and oxygen atoms in total. The molecule has 2 N–H and O–H groups in total. The van der Waals surface area contributed by atoms with Crippen LogP contribution in [0.15, 0.2) is 12.2 Å². The lowest BCUT2D eigenvalue weighted by atomic mass is 9.61. The maximum atomic E-state index is 10.9. The Morgan fingerprint density at radius 2 is 1.96 bits per heavy atom. The first-order valence-electron chi connectivity index (χ1n) is 8.62. The average molecular weight is 322 g/mol. The molecular weight excluding hydrogens is 292 g/mol. The zero-order valence-electron chi connectivity index (χ0n) is 14.7. The van der Waals surface area contributed by atoms with Crippen molar-refractivity contribution in [2.45, 2.75) is 65.4 Å². The van der Waals surface area contributed by atoms with Crippen molar-refractivity contribution in [2.75, 3.05) is 0 Å². The molecule has 0 aromatic carbocycles. The van der Waals surface area contributed by atoms with Gasteiger partial charge in [-0.05, 0) is 67.3 Å². The number of aldehydes is 1. The van der Waals surface area contributed by atoms with Crippen molar-refractivity contribution in [1.29, 1.82) is 0 Å². The Morgan fingerprint density at radius 1 is 1.30 bits per heavy atom. The number of aliphatic hydroxyl groups is 1. The second-order valence-electron chi connectivity index (χ2n) is 8.63. The largest absolute Gasteiger partial charge is 0.481 e. The number of rotatable bonds is 6. The molecule has 0 saturated heterocycles. The van der Waals surface area contributed by atoms with Crippen LogP contribution in [0.25, 0.3) is 0 Å². The summed E-state index contributed by atoms with van der Waals surface area (Å²) < 4.78 is 0. The van der Waals surface area contributed by atoms with Gasteiger partial charge in [-0.15, -0.1) is 0 Å². The standard InChI is InChI=1S/C19H30O4/c1-13(6-7-15(21)22)16-14(2)17(3)10-18(4,23)12-19(16,11-17)8-5-9-20/h5,8-9,13-14,16,23H,6-7,10-12H2,1-4H3,(H,21,22)/b8-5-/t13-,14?,16?,17?,18?,19?/m1/s1. The Hall–Kier alpha value is -1.16. The maximum absolute atomic E-state index is 10.9. The van der Waals surface area contributed by atoms with E-state index in [4.69, 9.17) is 5.11 Å². The molecule has 23 heavy (non-hydrogen) atoms. The molecule has 2 aliphatic rings. The highest BCUT2D eigenvalue weighted by Gasteiger charge is 2.63. The molecule has 2 fully saturated rings. The number of carboxylic acids is 1. The van der Waals surface area contributed by atoms with Crippen LogP contribution in [-0.4, -0.2) is 28.1 Å². The number of carbonyl (C=O) groups excluding carboxylic acids is 1. The van der Waals surface area contributed by atoms with Crippen LogP contribution in [0.3, 0.4) is 0 Å². The van der Waals surface area contributed by atoms with E-state index in [1.54, 1.807) is 6.08 Å².